The molecule has 1 fully saturated rings. The van der Waals surface area contributed by atoms with E-state index in [1.165, 1.54) is 6.33 Å². The minimum Gasteiger partial charge on any atom is -0.465 e. The Bertz CT molecular complexity index is 1550. The van der Waals surface area contributed by atoms with Gasteiger partial charge >= 0.3 is 12.0 Å². The lowest BCUT2D eigenvalue weighted by Crippen LogP contribution is -2.38. The van der Waals surface area contributed by atoms with Crippen LogP contribution in [0.1, 0.15) is 48.5 Å². The summed E-state index contributed by atoms with van der Waals surface area (Å²) in [6.07, 6.45) is 0.499. The van der Waals surface area contributed by atoms with Crippen molar-refractivity contribution >= 4 is 23.8 Å². The van der Waals surface area contributed by atoms with Crippen molar-refractivity contribution in [3.8, 4) is 11.1 Å². The number of aliphatic hydroxyl groups is 1. The molecule has 12 heteroatoms. The molecule has 2 amide bonds. The van der Waals surface area contributed by atoms with Gasteiger partial charge in [0.2, 0.25) is 0 Å². The SMILES string of the molecule is CCOC(=O)CNC(=O)NCc1cccc(-c2cccc([C@H]3O[C@@H](CSc4ncn[nH]4)[C@@H](C)[C@@H](c4ccc(CO)cc4)O3)c2)c1. The number of hydrogen-bond donors (Lipinski definition) is 4. The molecule has 4 N–H and O–H groups in total. The smallest absolute Gasteiger partial charge is 0.325 e. The number of H-pyrrole nitrogens is 1. The number of amides is 2. The summed E-state index contributed by atoms with van der Waals surface area (Å²) in [6.45, 7) is 4.18. The van der Waals surface area contributed by atoms with Gasteiger partial charge in [0.05, 0.1) is 25.4 Å². The first-order valence-electron chi connectivity index (χ1n) is 14.8. The summed E-state index contributed by atoms with van der Waals surface area (Å²) in [5.74, 6) is 0.211. The summed E-state index contributed by atoms with van der Waals surface area (Å²) in [6, 6.07) is 23.3. The van der Waals surface area contributed by atoms with E-state index in [1.807, 2.05) is 66.7 Å². The van der Waals surface area contributed by atoms with Crippen LogP contribution in [0, 0.1) is 5.92 Å². The summed E-state index contributed by atoms with van der Waals surface area (Å²) in [4.78, 5) is 27.9. The van der Waals surface area contributed by atoms with Gasteiger partial charge < -0.3 is 30.0 Å². The molecule has 1 saturated heterocycles. The molecule has 1 aliphatic rings. The fourth-order valence-corrected chi connectivity index (χ4v) is 6.01. The van der Waals surface area contributed by atoms with Crippen molar-refractivity contribution < 1.29 is 28.9 Å². The molecule has 0 radical (unpaired) electrons. The second kappa shape index (κ2) is 15.7. The number of benzene rings is 3. The fraction of sp³-hybridized carbons (Fsp3) is 0.333. The highest BCUT2D eigenvalue weighted by atomic mass is 32.2. The molecule has 0 aliphatic carbocycles. The second-order valence-corrected chi connectivity index (χ2v) is 11.6. The number of aromatic amines is 1. The number of nitrogens with one attached hydrogen (secondary N) is 3. The van der Waals surface area contributed by atoms with Gasteiger partial charge in [-0.3, -0.25) is 9.89 Å². The highest BCUT2D eigenvalue weighted by Crippen LogP contribution is 2.43. The molecule has 4 atom stereocenters. The van der Waals surface area contributed by atoms with Gasteiger partial charge in [0.25, 0.3) is 0 Å². The van der Waals surface area contributed by atoms with Crippen LogP contribution in [0.25, 0.3) is 11.1 Å². The average molecular weight is 632 g/mol. The van der Waals surface area contributed by atoms with E-state index in [1.54, 1.807) is 18.7 Å². The van der Waals surface area contributed by atoms with Crippen LogP contribution in [-0.2, 0) is 32.2 Å². The Balaban J connectivity index is 1.31. The monoisotopic (exact) mass is 631 g/mol. The van der Waals surface area contributed by atoms with Gasteiger partial charge in [-0.15, -0.1) is 0 Å². The van der Waals surface area contributed by atoms with Crippen LogP contribution in [-0.4, -0.2) is 57.3 Å². The molecule has 3 aromatic carbocycles. The first kappa shape index (κ1) is 32.2. The largest absolute Gasteiger partial charge is 0.465 e. The van der Waals surface area contributed by atoms with Crippen LogP contribution in [0.5, 0.6) is 0 Å². The van der Waals surface area contributed by atoms with Crippen molar-refractivity contribution in [3.63, 3.8) is 0 Å². The molecular formula is C33H37N5O6S. The van der Waals surface area contributed by atoms with Crippen LogP contribution < -0.4 is 10.6 Å². The first-order chi connectivity index (χ1) is 21.9. The molecule has 0 unspecified atom stereocenters. The number of aromatic nitrogens is 3. The van der Waals surface area contributed by atoms with E-state index < -0.39 is 18.3 Å². The van der Waals surface area contributed by atoms with Gasteiger partial charge in [0, 0.05) is 23.8 Å². The van der Waals surface area contributed by atoms with E-state index in [4.69, 9.17) is 14.2 Å². The van der Waals surface area contributed by atoms with Crippen LogP contribution in [0.3, 0.4) is 0 Å². The number of carbonyl (C=O) groups excluding carboxylic acids is 2. The number of hydrogen-bond acceptors (Lipinski definition) is 9. The van der Waals surface area contributed by atoms with Crippen molar-refractivity contribution in [2.45, 2.75) is 50.7 Å². The highest BCUT2D eigenvalue weighted by molar-refractivity contribution is 7.99. The first-order valence-corrected chi connectivity index (χ1v) is 15.8. The maximum atomic E-state index is 12.1. The molecule has 1 aliphatic heterocycles. The molecular weight excluding hydrogens is 594 g/mol. The van der Waals surface area contributed by atoms with Gasteiger partial charge in [-0.1, -0.05) is 79.3 Å². The molecule has 1 aromatic heterocycles. The summed E-state index contributed by atoms with van der Waals surface area (Å²) in [5.41, 5.74) is 5.59. The Morgan fingerprint density at radius 3 is 2.49 bits per heavy atom. The molecule has 2 heterocycles. The van der Waals surface area contributed by atoms with Crippen LogP contribution in [0.2, 0.25) is 0 Å². The average Bonchev–Trinajstić information content (AvgIpc) is 3.60. The maximum absolute atomic E-state index is 12.1. The third-order valence-corrected chi connectivity index (χ3v) is 8.44. The number of carbonyl (C=O) groups is 2. The van der Waals surface area contributed by atoms with Crippen LogP contribution in [0.15, 0.2) is 84.3 Å². The number of nitrogens with zero attached hydrogens (tertiary/aromatic N) is 2. The topological polar surface area (TPSA) is 148 Å². The molecule has 11 nitrogen and oxygen atoms in total. The van der Waals surface area contributed by atoms with Crippen molar-refractivity contribution in [3.05, 3.63) is 101 Å². The zero-order valence-corrected chi connectivity index (χ0v) is 26.0. The van der Waals surface area contributed by atoms with Crippen molar-refractivity contribution in [2.24, 2.45) is 5.92 Å². The fourth-order valence-electron chi connectivity index (χ4n) is 5.07. The third kappa shape index (κ3) is 8.70. The van der Waals surface area contributed by atoms with E-state index in [2.05, 4.69) is 38.8 Å². The summed E-state index contributed by atoms with van der Waals surface area (Å²) in [7, 11) is 0. The maximum Gasteiger partial charge on any atom is 0.325 e. The normalized spacial score (nSPS) is 19.5. The van der Waals surface area contributed by atoms with Crippen molar-refractivity contribution in [1.29, 1.82) is 0 Å². The highest BCUT2D eigenvalue weighted by Gasteiger charge is 2.38. The molecule has 0 saturated carbocycles. The lowest BCUT2D eigenvalue weighted by atomic mass is 9.91. The van der Waals surface area contributed by atoms with Gasteiger partial charge in [-0.05, 0) is 46.9 Å². The molecule has 0 bridgehead atoms. The third-order valence-electron chi connectivity index (χ3n) is 7.47. The number of urea groups is 1. The van der Waals surface area contributed by atoms with Gasteiger partial charge in [-0.25, -0.2) is 9.78 Å². The Hall–Kier alpha value is -4.23. The Labute approximate surface area is 266 Å². The standard InChI is InChI=1S/C33H37N5O6S/c1-3-42-29(40)17-35-32(41)34-16-23-6-4-7-25(14-23)26-8-5-9-27(15-26)31-43-28(19-45-33-36-20-37-38-33)21(2)30(44-31)24-12-10-22(18-39)11-13-24/h4-15,20-21,28,30-31,39H,3,16-19H2,1-2H3,(H2,34,35,41)(H,36,37,38)/t21-,28+,30+,31+/m1/s1. The van der Waals surface area contributed by atoms with E-state index in [0.717, 1.165) is 38.5 Å². The van der Waals surface area contributed by atoms with Crippen LogP contribution >= 0.6 is 11.8 Å². The lowest BCUT2D eigenvalue weighted by molar-refractivity contribution is -0.268. The van der Waals surface area contributed by atoms with E-state index in [-0.39, 0.29) is 44.4 Å². The van der Waals surface area contributed by atoms with Gasteiger partial charge in [-0.2, -0.15) is 5.10 Å². The Morgan fingerprint density at radius 2 is 1.76 bits per heavy atom. The minimum atomic E-state index is -0.614. The number of rotatable bonds is 12. The summed E-state index contributed by atoms with van der Waals surface area (Å²) < 4.78 is 18.0. The quantitative estimate of drug-likeness (QED) is 0.126. The second-order valence-electron chi connectivity index (χ2n) is 10.6. The Morgan fingerprint density at radius 1 is 0.978 bits per heavy atom. The molecule has 0 spiro atoms. The van der Waals surface area contributed by atoms with Gasteiger partial charge in [0.1, 0.15) is 12.9 Å². The van der Waals surface area contributed by atoms with Gasteiger partial charge in [0.15, 0.2) is 11.4 Å². The zero-order valence-electron chi connectivity index (χ0n) is 25.1. The summed E-state index contributed by atoms with van der Waals surface area (Å²) in [5, 5.41) is 22.4. The predicted octanol–water partition coefficient (Wildman–Crippen LogP) is 4.91. The zero-order chi connectivity index (χ0) is 31.6. The number of thioether (sulfide) groups is 1. The summed E-state index contributed by atoms with van der Waals surface area (Å²) >= 11 is 1.55. The minimum absolute atomic E-state index is 0.0176. The molecule has 5 rings (SSSR count). The van der Waals surface area contributed by atoms with E-state index in [0.29, 0.717) is 5.75 Å². The molecule has 4 aromatic rings. The number of ether oxygens (including phenoxy) is 3. The van der Waals surface area contributed by atoms with Crippen molar-refractivity contribution in [2.75, 3.05) is 18.9 Å². The number of aliphatic hydroxyl groups excluding tert-OH is 1. The van der Waals surface area contributed by atoms with E-state index >= 15 is 0 Å². The van der Waals surface area contributed by atoms with Crippen LogP contribution in [0.4, 0.5) is 4.79 Å². The molecule has 45 heavy (non-hydrogen) atoms. The Kier molecular flexibility index (Phi) is 11.2. The predicted molar refractivity (Wildman–Crippen MR) is 169 cm³/mol. The molecule has 236 valence electrons. The number of esters is 1. The lowest BCUT2D eigenvalue weighted by Gasteiger charge is -2.41. The van der Waals surface area contributed by atoms with E-state index in [9.17, 15) is 14.7 Å². The van der Waals surface area contributed by atoms with Crippen molar-refractivity contribution in [1.82, 2.24) is 25.8 Å².